The molecule has 1 saturated heterocycles. The molecule has 0 radical (unpaired) electrons. The average molecular weight is 292 g/mol. The second-order valence-corrected chi connectivity index (χ2v) is 5.61. The molecule has 0 aromatic heterocycles. The molecule has 1 heterocycles. The van der Waals surface area contributed by atoms with E-state index in [0.717, 1.165) is 44.0 Å². The summed E-state index contributed by atoms with van der Waals surface area (Å²) in [4.78, 5) is 2.47. The fourth-order valence-electron chi connectivity index (χ4n) is 2.89. The molecule has 1 unspecified atom stereocenters. The third-order valence-electron chi connectivity index (χ3n) is 4.13. The quantitative estimate of drug-likeness (QED) is 0.748. The van der Waals surface area contributed by atoms with Gasteiger partial charge in [-0.15, -0.1) is 0 Å². The maximum atomic E-state index is 6.01. The van der Waals surface area contributed by atoms with Crippen LogP contribution in [0.5, 0.6) is 11.5 Å². The van der Waals surface area contributed by atoms with Gasteiger partial charge in [0.1, 0.15) is 0 Å². The van der Waals surface area contributed by atoms with Gasteiger partial charge < -0.3 is 15.2 Å². The van der Waals surface area contributed by atoms with Gasteiger partial charge in [0.2, 0.25) is 0 Å². The number of ether oxygens (including phenoxy) is 2. The SMILES string of the molecule is CCCCOc1cc(C(CN)N2CCCC2)ccc1OC. The standard InChI is InChI=1S/C17H28N2O2/c1-3-4-11-21-17-12-14(7-8-16(17)20-2)15(13-18)19-9-5-6-10-19/h7-8,12,15H,3-6,9-11,13,18H2,1-2H3. The Labute approximate surface area is 128 Å². The van der Waals surface area contributed by atoms with Crippen LogP contribution in [-0.4, -0.2) is 38.3 Å². The summed E-state index contributed by atoms with van der Waals surface area (Å²) >= 11 is 0. The summed E-state index contributed by atoms with van der Waals surface area (Å²) < 4.78 is 11.3. The van der Waals surface area contributed by atoms with Crippen molar-refractivity contribution >= 4 is 0 Å². The van der Waals surface area contributed by atoms with Gasteiger partial charge in [0.05, 0.1) is 13.7 Å². The van der Waals surface area contributed by atoms with Gasteiger partial charge in [-0.2, -0.15) is 0 Å². The molecule has 1 aliphatic heterocycles. The highest BCUT2D eigenvalue weighted by Crippen LogP contribution is 2.33. The van der Waals surface area contributed by atoms with Crippen molar-refractivity contribution in [1.29, 1.82) is 0 Å². The molecule has 1 atom stereocenters. The van der Waals surface area contributed by atoms with E-state index in [1.165, 1.54) is 18.4 Å². The van der Waals surface area contributed by atoms with Crippen molar-refractivity contribution in [3.05, 3.63) is 23.8 Å². The lowest BCUT2D eigenvalue weighted by atomic mass is 10.0. The van der Waals surface area contributed by atoms with Crippen LogP contribution < -0.4 is 15.2 Å². The highest BCUT2D eigenvalue weighted by atomic mass is 16.5. The number of benzene rings is 1. The van der Waals surface area contributed by atoms with Crippen molar-refractivity contribution in [2.75, 3.05) is 33.4 Å². The second kappa shape index (κ2) is 8.25. The zero-order valence-corrected chi connectivity index (χ0v) is 13.3. The smallest absolute Gasteiger partial charge is 0.161 e. The van der Waals surface area contributed by atoms with Gasteiger partial charge in [0.25, 0.3) is 0 Å². The predicted octanol–water partition coefficient (Wildman–Crippen LogP) is 2.97. The van der Waals surface area contributed by atoms with Crippen molar-refractivity contribution in [3.8, 4) is 11.5 Å². The molecule has 4 heteroatoms. The lowest BCUT2D eigenvalue weighted by molar-refractivity contribution is 0.248. The highest BCUT2D eigenvalue weighted by Gasteiger charge is 2.23. The molecule has 1 fully saturated rings. The molecule has 0 saturated carbocycles. The van der Waals surface area contributed by atoms with Crippen molar-refractivity contribution in [2.45, 2.75) is 38.6 Å². The van der Waals surface area contributed by atoms with E-state index >= 15 is 0 Å². The lowest BCUT2D eigenvalue weighted by Gasteiger charge is -2.27. The summed E-state index contributed by atoms with van der Waals surface area (Å²) in [5, 5.41) is 0. The van der Waals surface area contributed by atoms with Crippen LogP contribution in [0, 0.1) is 0 Å². The molecule has 0 amide bonds. The molecule has 118 valence electrons. The monoisotopic (exact) mass is 292 g/mol. The number of methoxy groups -OCH3 is 1. The number of likely N-dealkylation sites (tertiary alicyclic amines) is 1. The zero-order chi connectivity index (χ0) is 15.1. The minimum absolute atomic E-state index is 0.284. The molecule has 4 nitrogen and oxygen atoms in total. The van der Waals surface area contributed by atoms with E-state index in [9.17, 15) is 0 Å². The summed E-state index contributed by atoms with van der Waals surface area (Å²) in [5.41, 5.74) is 7.24. The predicted molar refractivity (Wildman–Crippen MR) is 86.0 cm³/mol. The Morgan fingerprint density at radius 2 is 2.00 bits per heavy atom. The van der Waals surface area contributed by atoms with Crippen molar-refractivity contribution in [1.82, 2.24) is 4.90 Å². The Morgan fingerprint density at radius 3 is 2.62 bits per heavy atom. The molecule has 1 aliphatic rings. The Bertz CT molecular complexity index is 431. The van der Waals surface area contributed by atoms with E-state index in [2.05, 4.69) is 24.0 Å². The third kappa shape index (κ3) is 4.11. The van der Waals surface area contributed by atoms with Crippen LogP contribution in [0.2, 0.25) is 0 Å². The Hall–Kier alpha value is -1.26. The van der Waals surface area contributed by atoms with Crippen LogP contribution in [0.4, 0.5) is 0 Å². The van der Waals surface area contributed by atoms with Crippen LogP contribution in [-0.2, 0) is 0 Å². The first kappa shape index (κ1) is 16.1. The van der Waals surface area contributed by atoms with Crippen LogP contribution >= 0.6 is 0 Å². The van der Waals surface area contributed by atoms with E-state index in [-0.39, 0.29) is 6.04 Å². The molecule has 1 aromatic carbocycles. The van der Waals surface area contributed by atoms with Crippen LogP contribution in [0.15, 0.2) is 18.2 Å². The number of nitrogens with zero attached hydrogens (tertiary/aromatic N) is 1. The first-order chi connectivity index (χ1) is 10.3. The molecule has 2 rings (SSSR count). The summed E-state index contributed by atoms with van der Waals surface area (Å²) in [6.07, 6.45) is 4.72. The molecule has 0 bridgehead atoms. The number of hydrogen-bond donors (Lipinski definition) is 1. The van der Waals surface area contributed by atoms with Gasteiger partial charge in [-0.3, -0.25) is 4.90 Å². The fourth-order valence-corrected chi connectivity index (χ4v) is 2.89. The van der Waals surface area contributed by atoms with E-state index in [1.807, 2.05) is 6.07 Å². The fraction of sp³-hybridized carbons (Fsp3) is 0.647. The van der Waals surface area contributed by atoms with Crippen LogP contribution in [0.25, 0.3) is 0 Å². The van der Waals surface area contributed by atoms with E-state index in [1.54, 1.807) is 7.11 Å². The second-order valence-electron chi connectivity index (χ2n) is 5.61. The summed E-state index contributed by atoms with van der Waals surface area (Å²) in [6.45, 7) is 5.81. The van der Waals surface area contributed by atoms with E-state index in [0.29, 0.717) is 6.54 Å². The number of rotatable bonds is 8. The van der Waals surface area contributed by atoms with E-state index < -0.39 is 0 Å². The number of nitrogens with two attached hydrogens (primary N) is 1. The van der Waals surface area contributed by atoms with Gasteiger partial charge in [0, 0.05) is 12.6 Å². The van der Waals surface area contributed by atoms with Gasteiger partial charge in [-0.1, -0.05) is 19.4 Å². The number of hydrogen-bond acceptors (Lipinski definition) is 4. The van der Waals surface area contributed by atoms with Gasteiger partial charge >= 0.3 is 0 Å². The normalized spacial score (nSPS) is 16.9. The molecular formula is C17H28N2O2. The largest absolute Gasteiger partial charge is 0.493 e. The van der Waals surface area contributed by atoms with Crippen molar-refractivity contribution < 1.29 is 9.47 Å². The molecule has 1 aromatic rings. The van der Waals surface area contributed by atoms with Gasteiger partial charge in [-0.05, 0) is 50.0 Å². The average Bonchev–Trinajstić information content (AvgIpc) is 3.03. The topological polar surface area (TPSA) is 47.7 Å². The third-order valence-corrected chi connectivity index (χ3v) is 4.13. The van der Waals surface area contributed by atoms with Crippen LogP contribution in [0.3, 0.4) is 0 Å². The Morgan fingerprint density at radius 1 is 1.24 bits per heavy atom. The zero-order valence-electron chi connectivity index (χ0n) is 13.3. The minimum atomic E-state index is 0.284. The Kier molecular flexibility index (Phi) is 6.33. The molecule has 21 heavy (non-hydrogen) atoms. The van der Waals surface area contributed by atoms with Gasteiger partial charge in [-0.25, -0.2) is 0 Å². The van der Waals surface area contributed by atoms with Gasteiger partial charge in [0.15, 0.2) is 11.5 Å². The maximum absolute atomic E-state index is 6.01. The minimum Gasteiger partial charge on any atom is -0.493 e. The maximum Gasteiger partial charge on any atom is 0.161 e. The number of unbranched alkanes of at least 4 members (excludes halogenated alkanes) is 1. The molecule has 2 N–H and O–H groups in total. The summed E-state index contributed by atoms with van der Waals surface area (Å²) in [5.74, 6) is 1.63. The summed E-state index contributed by atoms with van der Waals surface area (Å²) in [6, 6.07) is 6.49. The summed E-state index contributed by atoms with van der Waals surface area (Å²) in [7, 11) is 1.68. The molecule has 0 spiro atoms. The van der Waals surface area contributed by atoms with E-state index in [4.69, 9.17) is 15.2 Å². The van der Waals surface area contributed by atoms with Crippen molar-refractivity contribution in [2.24, 2.45) is 5.73 Å². The Balaban J connectivity index is 2.16. The highest BCUT2D eigenvalue weighted by molar-refractivity contribution is 5.44. The first-order valence-electron chi connectivity index (χ1n) is 8.05. The van der Waals surface area contributed by atoms with Crippen LogP contribution in [0.1, 0.15) is 44.2 Å². The molecule has 0 aliphatic carbocycles. The molecular weight excluding hydrogens is 264 g/mol. The lowest BCUT2D eigenvalue weighted by Crippen LogP contribution is -2.31. The first-order valence-corrected chi connectivity index (χ1v) is 8.05. The van der Waals surface area contributed by atoms with Crippen molar-refractivity contribution in [3.63, 3.8) is 0 Å².